The van der Waals surface area contributed by atoms with E-state index in [0.29, 0.717) is 41.5 Å². The fourth-order valence-electron chi connectivity index (χ4n) is 2.40. The van der Waals surface area contributed by atoms with Crippen LogP contribution < -0.4 is 16.8 Å². The number of nitrogens with zero attached hydrogens (tertiary/aromatic N) is 4. The summed E-state index contributed by atoms with van der Waals surface area (Å²) in [5.41, 5.74) is 15.0. The van der Waals surface area contributed by atoms with Gasteiger partial charge in [-0.25, -0.2) is 9.97 Å². The molecule has 0 radical (unpaired) electrons. The van der Waals surface area contributed by atoms with Crippen molar-refractivity contribution < 1.29 is 5.11 Å². The predicted molar refractivity (Wildman–Crippen MR) is 102 cm³/mol. The van der Waals surface area contributed by atoms with Crippen LogP contribution in [0.4, 0.5) is 11.5 Å². The highest BCUT2D eigenvalue weighted by molar-refractivity contribution is 6.09. The number of nitrogens with two attached hydrogens (primary N) is 2. The van der Waals surface area contributed by atoms with Gasteiger partial charge in [-0.2, -0.15) is 5.10 Å². The van der Waals surface area contributed by atoms with E-state index in [1.165, 1.54) is 6.20 Å². The van der Waals surface area contributed by atoms with Gasteiger partial charge >= 0.3 is 0 Å². The number of anilines is 2. The molecular weight excluding hydrogens is 332 g/mol. The standard InChI is InChI=1S/C17H20N8O/c18-8-11(9-20-6-7-26)14-4-3-13(19)17(23-14)22-10-15-12-2-1-5-21-16(12)25-24-15/h1-5,8-9,26H,6-7,10,18-19H2,(H,22,23)(H,21,24,25). The third-order valence-electron chi connectivity index (χ3n) is 3.70. The van der Waals surface area contributed by atoms with Gasteiger partial charge in [0.15, 0.2) is 5.65 Å². The molecule has 0 aromatic carbocycles. The lowest BCUT2D eigenvalue weighted by Gasteiger charge is -2.10. The zero-order valence-electron chi connectivity index (χ0n) is 14.1. The second kappa shape index (κ2) is 8.08. The SMILES string of the molecule is NC=C(C=NCCO)c1ccc(N)c(NCc2[nH]nc3ncccc23)n1. The highest BCUT2D eigenvalue weighted by Crippen LogP contribution is 2.21. The molecule has 0 unspecified atom stereocenters. The molecule has 3 rings (SSSR count). The van der Waals surface area contributed by atoms with Crippen molar-refractivity contribution in [3.8, 4) is 0 Å². The Morgan fingerprint density at radius 1 is 1.35 bits per heavy atom. The van der Waals surface area contributed by atoms with Crippen molar-refractivity contribution in [2.24, 2.45) is 10.7 Å². The van der Waals surface area contributed by atoms with E-state index in [9.17, 15) is 0 Å². The molecule has 0 fully saturated rings. The van der Waals surface area contributed by atoms with Gasteiger partial charge < -0.3 is 21.9 Å². The van der Waals surface area contributed by atoms with E-state index in [-0.39, 0.29) is 6.61 Å². The molecule has 0 aliphatic rings. The van der Waals surface area contributed by atoms with Crippen LogP contribution in [-0.2, 0) is 6.54 Å². The average Bonchev–Trinajstić information content (AvgIpc) is 3.08. The molecule has 9 heteroatoms. The molecule has 0 spiro atoms. The number of nitrogens with one attached hydrogen (secondary N) is 2. The van der Waals surface area contributed by atoms with E-state index >= 15 is 0 Å². The second-order valence-electron chi connectivity index (χ2n) is 5.45. The summed E-state index contributed by atoms with van der Waals surface area (Å²) in [7, 11) is 0. The maximum absolute atomic E-state index is 8.82. The van der Waals surface area contributed by atoms with Crippen molar-refractivity contribution in [2.75, 3.05) is 24.2 Å². The molecule has 0 atom stereocenters. The molecule has 26 heavy (non-hydrogen) atoms. The van der Waals surface area contributed by atoms with Crippen LogP contribution in [0.5, 0.6) is 0 Å². The first-order chi connectivity index (χ1) is 12.7. The molecule has 0 saturated carbocycles. The molecule has 0 aliphatic heterocycles. The summed E-state index contributed by atoms with van der Waals surface area (Å²) in [5.74, 6) is 0.532. The molecule has 0 bridgehead atoms. The van der Waals surface area contributed by atoms with Gasteiger partial charge in [0.05, 0.1) is 36.8 Å². The Labute approximate surface area is 149 Å². The Bertz CT molecular complexity index is 947. The number of aliphatic hydroxyl groups excluding tert-OH is 1. The van der Waals surface area contributed by atoms with Gasteiger partial charge in [-0.05, 0) is 24.3 Å². The first-order valence-electron chi connectivity index (χ1n) is 8.04. The van der Waals surface area contributed by atoms with Crippen molar-refractivity contribution >= 4 is 34.3 Å². The second-order valence-corrected chi connectivity index (χ2v) is 5.45. The van der Waals surface area contributed by atoms with Crippen molar-refractivity contribution in [3.05, 3.63) is 48.1 Å². The lowest BCUT2D eigenvalue weighted by atomic mass is 10.2. The maximum atomic E-state index is 8.82. The predicted octanol–water partition coefficient (Wildman–Crippen LogP) is 0.910. The zero-order chi connectivity index (χ0) is 18.4. The Morgan fingerprint density at radius 2 is 2.23 bits per heavy atom. The summed E-state index contributed by atoms with van der Waals surface area (Å²) in [6, 6.07) is 7.32. The number of aliphatic imine (C=N–C) groups is 1. The summed E-state index contributed by atoms with van der Waals surface area (Å²) >= 11 is 0. The molecule has 3 aromatic rings. The number of H-pyrrole nitrogens is 1. The maximum Gasteiger partial charge on any atom is 0.181 e. The summed E-state index contributed by atoms with van der Waals surface area (Å²) in [5, 5.41) is 20.1. The van der Waals surface area contributed by atoms with Crippen molar-refractivity contribution in [1.29, 1.82) is 0 Å². The topological polar surface area (TPSA) is 151 Å². The molecule has 0 amide bonds. The zero-order valence-corrected chi connectivity index (χ0v) is 14.1. The largest absolute Gasteiger partial charge is 0.404 e. The molecule has 0 aliphatic carbocycles. The van der Waals surface area contributed by atoms with Crippen LogP contribution in [0.25, 0.3) is 16.6 Å². The molecule has 0 saturated heterocycles. The molecule has 3 heterocycles. The van der Waals surface area contributed by atoms with E-state index in [1.807, 2.05) is 12.1 Å². The fourth-order valence-corrected chi connectivity index (χ4v) is 2.40. The average molecular weight is 352 g/mol. The van der Waals surface area contributed by atoms with Gasteiger partial charge in [0, 0.05) is 29.6 Å². The number of aromatic nitrogens is 4. The highest BCUT2D eigenvalue weighted by atomic mass is 16.3. The Balaban J connectivity index is 1.79. The molecular formula is C17H20N8O. The van der Waals surface area contributed by atoms with Gasteiger partial charge in [0.1, 0.15) is 5.82 Å². The minimum atomic E-state index is -0.0245. The van der Waals surface area contributed by atoms with Crippen LogP contribution in [0.3, 0.4) is 0 Å². The van der Waals surface area contributed by atoms with Crippen LogP contribution in [0.2, 0.25) is 0 Å². The van der Waals surface area contributed by atoms with Crippen molar-refractivity contribution in [2.45, 2.75) is 6.54 Å². The highest BCUT2D eigenvalue weighted by Gasteiger charge is 2.09. The van der Waals surface area contributed by atoms with Crippen LogP contribution >= 0.6 is 0 Å². The minimum Gasteiger partial charge on any atom is -0.404 e. The quantitative estimate of drug-likeness (QED) is 0.396. The number of fused-ring (bicyclic) bond motifs is 1. The third kappa shape index (κ3) is 3.78. The molecule has 7 N–H and O–H groups in total. The van der Waals surface area contributed by atoms with Gasteiger partial charge in [-0.1, -0.05) is 0 Å². The summed E-state index contributed by atoms with van der Waals surface area (Å²) < 4.78 is 0. The van der Waals surface area contributed by atoms with E-state index in [2.05, 4.69) is 30.5 Å². The third-order valence-corrected chi connectivity index (χ3v) is 3.70. The lowest BCUT2D eigenvalue weighted by molar-refractivity contribution is 0.307. The number of nitrogen functional groups attached to an aromatic ring is 1. The minimum absolute atomic E-state index is 0.0245. The van der Waals surface area contributed by atoms with Crippen molar-refractivity contribution in [1.82, 2.24) is 20.2 Å². The first kappa shape index (κ1) is 17.4. The van der Waals surface area contributed by atoms with E-state index in [0.717, 1.165) is 11.1 Å². The first-order valence-corrected chi connectivity index (χ1v) is 8.04. The van der Waals surface area contributed by atoms with Gasteiger partial charge in [0.2, 0.25) is 0 Å². The Hall–Kier alpha value is -3.46. The van der Waals surface area contributed by atoms with E-state index < -0.39 is 0 Å². The van der Waals surface area contributed by atoms with E-state index in [1.54, 1.807) is 24.5 Å². The van der Waals surface area contributed by atoms with E-state index in [4.69, 9.17) is 16.6 Å². The van der Waals surface area contributed by atoms with Gasteiger partial charge in [0.25, 0.3) is 0 Å². The van der Waals surface area contributed by atoms with Crippen LogP contribution in [0.1, 0.15) is 11.4 Å². The van der Waals surface area contributed by atoms with Gasteiger partial charge in [-0.3, -0.25) is 10.1 Å². The number of hydrogen-bond acceptors (Lipinski definition) is 8. The number of aliphatic hydroxyl groups is 1. The van der Waals surface area contributed by atoms with Gasteiger partial charge in [-0.15, -0.1) is 0 Å². The normalized spacial score (nSPS) is 12.1. The summed E-state index contributed by atoms with van der Waals surface area (Å²) in [6.07, 6.45) is 4.69. The smallest absolute Gasteiger partial charge is 0.181 e. The van der Waals surface area contributed by atoms with Crippen LogP contribution in [0.15, 0.2) is 41.7 Å². The molecule has 9 nitrogen and oxygen atoms in total. The fraction of sp³-hybridized carbons (Fsp3) is 0.176. The molecule has 3 aromatic heterocycles. The van der Waals surface area contributed by atoms with Crippen LogP contribution in [0, 0.1) is 0 Å². The Kier molecular flexibility index (Phi) is 5.40. The summed E-state index contributed by atoms with van der Waals surface area (Å²) in [4.78, 5) is 12.8. The number of pyridine rings is 2. The Morgan fingerprint density at radius 3 is 3.04 bits per heavy atom. The van der Waals surface area contributed by atoms with Crippen molar-refractivity contribution in [3.63, 3.8) is 0 Å². The number of hydrogen-bond donors (Lipinski definition) is 5. The number of allylic oxidation sites excluding steroid dienone is 1. The number of rotatable bonds is 7. The summed E-state index contributed by atoms with van der Waals surface area (Å²) in [6.45, 7) is 0.741. The molecule has 134 valence electrons. The van der Waals surface area contributed by atoms with Crippen LogP contribution in [-0.4, -0.2) is 44.6 Å². The monoisotopic (exact) mass is 352 g/mol. The number of aromatic amines is 1. The lowest BCUT2D eigenvalue weighted by Crippen LogP contribution is -2.07.